The molecule has 0 aromatic carbocycles. The molecule has 1 saturated heterocycles. The topological polar surface area (TPSA) is 59.9 Å². The zero-order chi connectivity index (χ0) is 17.9. The highest BCUT2D eigenvalue weighted by Crippen LogP contribution is 2.24. The number of aliphatic hydroxyl groups is 1. The molecule has 150 valence electrons. The number of nitrogens with one attached hydrogen (secondary N) is 2. The molecule has 1 aliphatic heterocycles. The average molecular weight is 494 g/mol. The molecule has 1 unspecified atom stereocenters. The van der Waals surface area contributed by atoms with Crippen molar-refractivity contribution in [2.45, 2.75) is 52.0 Å². The molecular formula is C19H35IN4OS. The van der Waals surface area contributed by atoms with Crippen LogP contribution in [-0.4, -0.2) is 49.9 Å². The minimum atomic E-state index is 0. The van der Waals surface area contributed by atoms with E-state index in [1.165, 1.54) is 5.00 Å². The Morgan fingerprint density at radius 3 is 2.69 bits per heavy atom. The molecule has 2 rings (SSSR count). The first-order chi connectivity index (χ1) is 12.3. The van der Waals surface area contributed by atoms with E-state index in [4.69, 9.17) is 4.99 Å². The molecule has 0 aliphatic carbocycles. The van der Waals surface area contributed by atoms with Crippen molar-refractivity contribution in [1.82, 2.24) is 10.6 Å². The van der Waals surface area contributed by atoms with Crippen LogP contribution < -0.4 is 15.5 Å². The van der Waals surface area contributed by atoms with E-state index in [9.17, 15) is 5.11 Å². The van der Waals surface area contributed by atoms with Crippen LogP contribution in [-0.2, 0) is 0 Å². The lowest BCUT2D eigenvalue weighted by atomic mass is 10.0. The molecule has 1 atom stereocenters. The summed E-state index contributed by atoms with van der Waals surface area (Å²) in [6, 6.07) is 4.81. The Balaban J connectivity index is 0.00000338. The molecule has 7 heteroatoms. The number of halogens is 1. The number of aliphatic imine (C=N–C) groups is 1. The lowest BCUT2D eigenvalue weighted by Gasteiger charge is -2.33. The number of hydrogen-bond donors (Lipinski definition) is 3. The molecular weight excluding hydrogens is 459 g/mol. The first-order valence-corrected chi connectivity index (χ1v) is 10.6. The summed E-state index contributed by atoms with van der Waals surface area (Å²) in [7, 11) is 0. The van der Waals surface area contributed by atoms with Gasteiger partial charge in [0.1, 0.15) is 0 Å². The van der Waals surface area contributed by atoms with Gasteiger partial charge in [-0.3, -0.25) is 4.99 Å². The number of hydrogen-bond acceptors (Lipinski definition) is 4. The van der Waals surface area contributed by atoms with Crippen LogP contribution in [0.5, 0.6) is 0 Å². The summed E-state index contributed by atoms with van der Waals surface area (Å²) < 4.78 is 0. The number of rotatable bonds is 9. The predicted molar refractivity (Wildman–Crippen MR) is 124 cm³/mol. The Labute approximate surface area is 179 Å². The number of thiophene rings is 1. The lowest BCUT2D eigenvalue weighted by molar-refractivity contribution is 0.253. The second-order valence-electron chi connectivity index (χ2n) is 6.74. The summed E-state index contributed by atoms with van der Waals surface area (Å²) in [6.45, 7) is 8.41. The minimum absolute atomic E-state index is 0. The van der Waals surface area contributed by atoms with Gasteiger partial charge in [0.25, 0.3) is 0 Å². The Morgan fingerprint density at radius 1 is 1.35 bits per heavy atom. The SMILES string of the molecule is CCCC(CCO)CN=C(NCC)NC1CCN(c2cccs2)CC1.I. The second kappa shape index (κ2) is 13.6. The zero-order valence-electron chi connectivity index (χ0n) is 16.1. The molecule has 26 heavy (non-hydrogen) atoms. The quantitative estimate of drug-likeness (QED) is 0.279. The lowest BCUT2D eigenvalue weighted by Crippen LogP contribution is -2.48. The third-order valence-corrected chi connectivity index (χ3v) is 5.67. The normalized spacial score (nSPS) is 16.9. The van der Waals surface area contributed by atoms with Gasteiger partial charge in [-0.25, -0.2) is 0 Å². The monoisotopic (exact) mass is 494 g/mol. The number of aliphatic hydroxyl groups excluding tert-OH is 1. The molecule has 5 nitrogen and oxygen atoms in total. The van der Waals surface area contributed by atoms with Crippen LogP contribution in [0, 0.1) is 5.92 Å². The van der Waals surface area contributed by atoms with Gasteiger partial charge in [0.2, 0.25) is 0 Å². The summed E-state index contributed by atoms with van der Waals surface area (Å²) in [4.78, 5) is 7.26. The molecule has 2 heterocycles. The van der Waals surface area contributed by atoms with Crippen LogP contribution in [0.25, 0.3) is 0 Å². The van der Waals surface area contributed by atoms with Gasteiger partial charge < -0.3 is 20.6 Å². The van der Waals surface area contributed by atoms with Gasteiger partial charge in [0.15, 0.2) is 5.96 Å². The molecule has 3 N–H and O–H groups in total. The van der Waals surface area contributed by atoms with E-state index in [2.05, 4.69) is 46.9 Å². The standard InChI is InChI=1S/C19H34N4OS.HI/c1-3-6-16(10-13-24)15-21-19(20-4-2)22-17-8-11-23(12-9-17)18-7-5-14-25-18;/h5,7,14,16-17,24H,3-4,6,8-13,15H2,1-2H3,(H2,20,21,22);1H. The zero-order valence-corrected chi connectivity index (χ0v) is 19.3. The van der Waals surface area contributed by atoms with Crippen LogP contribution in [0.3, 0.4) is 0 Å². The van der Waals surface area contributed by atoms with Gasteiger partial charge in [-0.2, -0.15) is 0 Å². The highest BCUT2D eigenvalue weighted by Gasteiger charge is 2.20. The van der Waals surface area contributed by atoms with Crippen molar-refractivity contribution >= 4 is 46.3 Å². The van der Waals surface area contributed by atoms with Crippen molar-refractivity contribution in [1.29, 1.82) is 0 Å². The van der Waals surface area contributed by atoms with Crippen molar-refractivity contribution in [3.05, 3.63) is 17.5 Å². The highest BCUT2D eigenvalue weighted by molar-refractivity contribution is 14.0. The van der Waals surface area contributed by atoms with Crippen LogP contribution in [0.15, 0.2) is 22.5 Å². The summed E-state index contributed by atoms with van der Waals surface area (Å²) in [5.74, 6) is 1.40. The molecule has 1 aromatic rings. The fraction of sp³-hybridized carbons (Fsp3) is 0.737. The van der Waals surface area contributed by atoms with Gasteiger partial charge in [-0.05, 0) is 56.0 Å². The molecule has 0 saturated carbocycles. The van der Waals surface area contributed by atoms with E-state index in [0.717, 1.165) is 64.2 Å². The molecule has 0 bridgehead atoms. The van der Waals surface area contributed by atoms with Gasteiger partial charge in [-0.15, -0.1) is 35.3 Å². The fourth-order valence-corrected chi connectivity index (χ4v) is 4.13. The maximum absolute atomic E-state index is 9.21. The van der Waals surface area contributed by atoms with E-state index in [1.54, 1.807) is 0 Å². The number of nitrogens with zero attached hydrogens (tertiary/aromatic N) is 2. The van der Waals surface area contributed by atoms with Crippen molar-refractivity contribution in [3.63, 3.8) is 0 Å². The first kappa shape index (κ1) is 23.5. The van der Waals surface area contributed by atoms with Crippen molar-refractivity contribution in [2.24, 2.45) is 10.9 Å². The summed E-state index contributed by atoms with van der Waals surface area (Å²) >= 11 is 1.82. The molecule has 1 aliphatic rings. The van der Waals surface area contributed by atoms with Gasteiger partial charge in [-0.1, -0.05) is 13.3 Å². The van der Waals surface area contributed by atoms with Crippen molar-refractivity contribution in [3.8, 4) is 0 Å². The maximum Gasteiger partial charge on any atom is 0.191 e. The van der Waals surface area contributed by atoms with Crippen LogP contribution in [0.4, 0.5) is 5.00 Å². The van der Waals surface area contributed by atoms with Crippen LogP contribution >= 0.6 is 35.3 Å². The third-order valence-electron chi connectivity index (χ3n) is 4.74. The molecule has 0 radical (unpaired) electrons. The first-order valence-electron chi connectivity index (χ1n) is 9.70. The molecule has 1 fully saturated rings. The molecule has 0 spiro atoms. The van der Waals surface area contributed by atoms with Gasteiger partial charge in [0.05, 0.1) is 5.00 Å². The van der Waals surface area contributed by atoms with E-state index in [-0.39, 0.29) is 30.6 Å². The average Bonchev–Trinajstić information content (AvgIpc) is 3.15. The highest BCUT2D eigenvalue weighted by atomic mass is 127. The largest absolute Gasteiger partial charge is 0.396 e. The van der Waals surface area contributed by atoms with Crippen LogP contribution in [0.2, 0.25) is 0 Å². The number of guanidine groups is 1. The predicted octanol–water partition coefficient (Wildman–Crippen LogP) is 3.69. The van der Waals surface area contributed by atoms with E-state index in [1.807, 2.05) is 11.3 Å². The molecule has 1 aromatic heterocycles. The Hall–Kier alpha value is -0.540. The minimum Gasteiger partial charge on any atom is -0.396 e. The van der Waals surface area contributed by atoms with Gasteiger partial charge >= 0.3 is 0 Å². The fourth-order valence-electron chi connectivity index (χ4n) is 3.35. The smallest absolute Gasteiger partial charge is 0.191 e. The van der Waals surface area contributed by atoms with E-state index < -0.39 is 0 Å². The van der Waals surface area contributed by atoms with E-state index >= 15 is 0 Å². The number of piperidine rings is 1. The maximum atomic E-state index is 9.21. The van der Waals surface area contributed by atoms with Gasteiger partial charge in [0, 0.05) is 38.8 Å². The summed E-state index contributed by atoms with van der Waals surface area (Å²) in [6.07, 6.45) is 5.39. The van der Waals surface area contributed by atoms with Crippen molar-refractivity contribution < 1.29 is 5.11 Å². The Kier molecular flexibility index (Phi) is 12.3. The van der Waals surface area contributed by atoms with E-state index in [0.29, 0.717) is 12.0 Å². The third kappa shape index (κ3) is 8.00. The Morgan fingerprint density at radius 2 is 2.12 bits per heavy atom. The van der Waals surface area contributed by atoms with Crippen LogP contribution in [0.1, 0.15) is 46.0 Å². The molecule has 0 amide bonds. The second-order valence-corrected chi connectivity index (χ2v) is 7.67. The number of anilines is 1. The summed E-state index contributed by atoms with van der Waals surface area (Å²) in [5.41, 5.74) is 0. The van der Waals surface area contributed by atoms with Crippen molar-refractivity contribution in [2.75, 3.05) is 37.7 Å². The Bertz CT molecular complexity index is 484. The summed E-state index contributed by atoms with van der Waals surface area (Å²) in [5, 5.41) is 19.7.